The van der Waals surface area contributed by atoms with E-state index in [1.807, 2.05) is 97.1 Å². The van der Waals surface area contributed by atoms with E-state index in [0.717, 1.165) is 42.7 Å². The van der Waals surface area contributed by atoms with Gasteiger partial charge in [0.15, 0.2) is 0 Å². The molecule has 0 aliphatic carbocycles. The minimum absolute atomic E-state index is 0.0989. The van der Waals surface area contributed by atoms with Crippen molar-refractivity contribution in [3.8, 4) is 0 Å². The molecule has 45 heavy (non-hydrogen) atoms. The standard InChI is InChI=1S/C38H25N3O3S/c42-35(23-40-33-13-3-1-9-29(33)30-10-2-4-14-34(30)40)39-25-15-19-27(20-16-25)45-28-21-17-26(18-22-28)41-37(43)31-11-5-7-24-8-6-12-32(36(24)31)38(41)44/h1-22H,23H2,(H,39,42). The number of nitrogens with one attached hydrogen (secondary N) is 1. The average molecular weight is 604 g/mol. The van der Waals surface area contributed by atoms with Gasteiger partial charge in [-0.05, 0) is 78.2 Å². The van der Waals surface area contributed by atoms with Crippen LogP contribution in [0.4, 0.5) is 11.4 Å². The maximum Gasteiger partial charge on any atom is 0.265 e. The van der Waals surface area contributed by atoms with Gasteiger partial charge in [0, 0.05) is 53.8 Å². The van der Waals surface area contributed by atoms with Crippen LogP contribution in [0.1, 0.15) is 20.7 Å². The minimum Gasteiger partial charge on any atom is -0.331 e. The number of rotatable bonds is 6. The number of anilines is 2. The predicted octanol–water partition coefficient (Wildman–Crippen LogP) is 8.54. The van der Waals surface area contributed by atoms with Crippen LogP contribution in [-0.4, -0.2) is 22.3 Å². The summed E-state index contributed by atoms with van der Waals surface area (Å²) in [6.07, 6.45) is 0. The first-order valence-corrected chi connectivity index (χ1v) is 15.4. The summed E-state index contributed by atoms with van der Waals surface area (Å²) < 4.78 is 2.05. The monoisotopic (exact) mass is 603 g/mol. The number of aromatic nitrogens is 1. The molecule has 0 radical (unpaired) electrons. The van der Waals surface area contributed by atoms with Crippen LogP contribution in [0.3, 0.4) is 0 Å². The van der Waals surface area contributed by atoms with Crippen molar-refractivity contribution in [3.05, 3.63) is 145 Å². The molecule has 8 rings (SSSR count). The third-order valence-electron chi connectivity index (χ3n) is 8.22. The number of carbonyl (C=O) groups is 3. The summed E-state index contributed by atoms with van der Waals surface area (Å²) in [5.74, 6) is -0.737. The number of fused-ring (bicyclic) bond motifs is 3. The first kappa shape index (κ1) is 26.9. The zero-order valence-electron chi connectivity index (χ0n) is 23.9. The molecule has 0 unspecified atom stereocenters. The zero-order chi connectivity index (χ0) is 30.5. The number of benzene rings is 6. The van der Waals surface area contributed by atoms with E-state index in [2.05, 4.69) is 22.0 Å². The molecule has 0 spiro atoms. The van der Waals surface area contributed by atoms with E-state index in [1.54, 1.807) is 36.0 Å². The molecular formula is C38H25N3O3S. The third-order valence-corrected chi connectivity index (χ3v) is 9.24. The molecule has 2 heterocycles. The smallest absolute Gasteiger partial charge is 0.265 e. The zero-order valence-corrected chi connectivity index (χ0v) is 24.8. The van der Waals surface area contributed by atoms with Crippen LogP contribution in [0.15, 0.2) is 143 Å². The van der Waals surface area contributed by atoms with Gasteiger partial charge in [0.05, 0.1) is 5.69 Å². The first-order valence-electron chi connectivity index (χ1n) is 14.6. The fourth-order valence-corrected chi connectivity index (χ4v) is 7.00. The third kappa shape index (κ3) is 4.65. The first-order chi connectivity index (χ1) is 22.0. The summed E-state index contributed by atoms with van der Waals surface area (Å²) in [5, 5.41) is 6.89. The van der Waals surface area contributed by atoms with Gasteiger partial charge in [-0.15, -0.1) is 0 Å². The highest BCUT2D eigenvalue weighted by atomic mass is 32.2. The lowest BCUT2D eigenvalue weighted by Gasteiger charge is -2.27. The van der Waals surface area contributed by atoms with Crippen LogP contribution in [0.5, 0.6) is 0 Å². The van der Waals surface area contributed by atoms with E-state index in [-0.39, 0.29) is 24.3 Å². The van der Waals surface area contributed by atoms with E-state index >= 15 is 0 Å². The average Bonchev–Trinajstić information content (AvgIpc) is 3.38. The van der Waals surface area contributed by atoms with E-state index in [9.17, 15) is 14.4 Å². The van der Waals surface area contributed by atoms with Crippen LogP contribution in [0.2, 0.25) is 0 Å². The highest BCUT2D eigenvalue weighted by Gasteiger charge is 2.33. The molecule has 1 aromatic heterocycles. The number of nitrogens with zero attached hydrogens (tertiary/aromatic N) is 2. The van der Waals surface area contributed by atoms with Crippen molar-refractivity contribution in [3.63, 3.8) is 0 Å². The van der Waals surface area contributed by atoms with Crippen LogP contribution < -0.4 is 10.2 Å². The second-order valence-electron chi connectivity index (χ2n) is 10.9. The van der Waals surface area contributed by atoms with Crippen molar-refractivity contribution in [2.45, 2.75) is 16.3 Å². The van der Waals surface area contributed by atoms with E-state index < -0.39 is 0 Å². The maximum atomic E-state index is 13.4. The summed E-state index contributed by atoms with van der Waals surface area (Å²) in [6, 6.07) is 42.5. The van der Waals surface area contributed by atoms with Gasteiger partial charge in [0.25, 0.3) is 11.8 Å². The quantitative estimate of drug-likeness (QED) is 0.193. The minimum atomic E-state index is -0.319. The normalized spacial score (nSPS) is 12.8. The maximum absolute atomic E-state index is 13.4. The molecule has 6 aromatic carbocycles. The largest absolute Gasteiger partial charge is 0.331 e. The van der Waals surface area contributed by atoms with E-state index in [1.165, 1.54) is 4.90 Å². The Labute approximate surface area is 262 Å². The Hall–Kier alpha value is -5.66. The molecule has 0 bridgehead atoms. The number of hydrogen-bond donors (Lipinski definition) is 1. The van der Waals surface area contributed by atoms with Crippen LogP contribution in [-0.2, 0) is 11.3 Å². The molecule has 0 saturated heterocycles. The fraction of sp³-hybridized carbons (Fsp3) is 0.0263. The van der Waals surface area contributed by atoms with Crippen LogP contribution >= 0.6 is 11.8 Å². The van der Waals surface area contributed by atoms with Gasteiger partial charge in [0.2, 0.25) is 5.91 Å². The highest BCUT2D eigenvalue weighted by Crippen LogP contribution is 2.35. The molecule has 1 N–H and O–H groups in total. The Bertz CT molecular complexity index is 2200. The molecule has 7 aromatic rings. The Kier molecular flexibility index (Phi) is 6.47. The number of amides is 3. The number of hydrogen-bond acceptors (Lipinski definition) is 4. The Morgan fingerprint density at radius 2 is 1.13 bits per heavy atom. The molecule has 6 nitrogen and oxygen atoms in total. The molecular weight excluding hydrogens is 579 g/mol. The van der Waals surface area contributed by atoms with Gasteiger partial charge >= 0.3 is 0 Å². The van der Waals surface area contributed by atoms with Crippen molar-refractivity contribution in [2.24, 2.45) is 0 Å². The van der Waals surface area contributed by atoms with Gasteiger partial charge in [-0.3, -0.25) is 14.4 Å². The second-order valence-corrected chi connectivity index (χ2v) is 12.1. The highest BCUT2D eigenvalue weighted by molar-refractivity contribution is 7.99. The summed E-state index contributed by atoms with van der Waals surface area (Å²) in [5.41, 5.74) is 4.37. The van der Waals surface area contributed by atoms with Crippen molar-refractivity contribution < 1.29 is 14.4 Å². The lowest BCUT2D eigenvalue weighted by atomic mass is 9.94. The van der Waals surface area contributed by atoms with E-state index in [4.69, 9.17) is 0 Å². The summed E-state index contributed by atoms with van der Waals surface area (Å²) in [7, 11) is 0. The molecule has 216 valence electrons. The molecule has 1 aliphatic heterocycles. The van der Waals surface area contributed by atoms with Crippen molar-refractivity contribution in [2.75, 3.05) is 10.2 Å². The van der Waals surface area contributed by atoms with Crippen molar-refractivity contribution >= 4 is 73.4 Å². The van der Waals surface area contributed by atoms with Gasteiger partial charge in [0.1, 0.15) is 6.54 Å². The lowest BCUT2D eigenvalue weighted by molar-refractivity contribution is -0.116. The van der Waals surface area contributed by atoms with Gasteiger partial charge in [-0.25, -0.2) is 4.90 Å². The molecule has 7 heteroatoms. The summed E-state index contributed by atoms with van der Waals surface area (Å²) >= 11 is 1.56. The number of para-hydroxylation sites is 2. The second kappa shape index (κ2) is 10.8. The van der Waals surface area contributed by atoms with Gasteiger partial charge in [-0.1, -0.05) is 72.4 Å². The van der Waals surface area contributed by atoms with Crippen molar-refractivity contribution in [1.29, 1.82) is 0 Å². The summed E-state index contributed by atoms with van der Waals surface area (Å²) in [6.45, 7) is 0.208. The Morgan fingerprint density at radius 1 is 0.600 bits per heavy atom. The molecule has 0 atom stereocenters. The van der Waals surface area contributed by atoms with Gasteiger partial charge < -0.3 is 9.88 Å². The Balaban J connectivity index is 0.955. The molecule has 3 amide bonds. The predicted molar refractivity (Wildman–Crippen MR) is 180 cm³/mol. The SMILES string of the molecule is O=C(Cn1c2ccccc2c2ccccc21)Nc1ccc(Sc2ccc(N3C(=O)c4cccc5cccc(c45)C3=O)cc2)cc1. The van der Waals surface area contributed by atoms with E-state index in [0.29, 0.717) is 22.2 Å². The van der Waals surface area contributed by atoms with Crippen LogP contribution in [0, 0.1) is 0 Å². The molecule has 1 aliphatic rings. The van der Waals surface area contributed by atoms with Gasteiger partial charge in [-0.2, -0.15) is 0 Å². The number of imide groups is 1. The number of carbonyl (C=O) groups excluding carboxylic acids is 3. The lowest BCUT2D eigenvalue weighted by Crippen LogP contribution is -2.40. The fourth-order valence-electron chi connectivity index (χ4n) is 6.19. The molecule has 0 saturated carbocycles. The van der Waals surface area contributed by atoms with Crippen molar-refractivity contribution in [1.82, 2.24) is 4.57 Å². The topological polar surface area (TPSA) is 71.4 Å². The summed E-state index contributed by atoms with van der Waals surface area (Å²) in [4.78, 5) is 43.0. The molecule has 0 fully saturated rings. The van der Waals surface area contributed by atoms with Crippen LogP contribution in [0.25, 0.3) is 32.6 Å². The Morgan fingerprint density at radius 3 is 1.71 bits per heavy atom.